The number of benzene rings is 2. The van der Waals surface area contributed by atoms with Crippen molar-refractivity contribution in [1.29, 1.82) is 0 Å². The highest BCUT2D eigenvalue weighted by Gasteiger charge is 2.14. The third kappa shape index (κ3) is 3.64. The lowest BCUT2D eigenvalue weighted by Crippen LogP contribution is -2.27. The van der Waals surface area contributed by atoms with Crippen molar-refractivity contribution in [3.8, 4) is 0 Å². The van der Waals surface area contributed by atoms with Crippen LogP contribution in [0.25, 0.3) is 0 Å². The number of halogens is 1. The Morgan fingerprint density at radius 1 is 1.20 bits per heavy atom. The van der Waals surface area contributed by atoms with Crippen molar-refractivity contribution >= 4 is 33.6 Å². The minimum Gasteiger partial charge on any atom is -0.345 e. The molecule has 0 saturated carbocycles. The van der Waals surface area contributed by atoms with E-state index in [2.05, 4.69) is 21.2 Å². The zero-order valence-electron chi connectivity index (χ0n) is 11.4. The van der Waals surface area contributed by atoms with Gasteiger partial charge in [0, 0.05) is 9.37 Å². The molecule has 1 amide bonds. The molecule has 0 bridgehead atoms. The summed E-state index contributed by atoms with van der Waals surface area (Å²) in [5.74, 6) is -0.0394. The Kier molecular flexibility index (Phi) is 5.26. The van der Waals surface area contributed by atoms with E-state index in [4.69, 9.17) is 0 Å². The van der Waals surface area contributed by atoms with Crippen LogP contribution in [0.2, 0.25) is 0 Å². The van der Waals surface area contributed by atoms with Crippen molar-refractivity contribution in [3.05, 3.63) is 64.1 Å². The van der Waals surface area contributed by atoms with Crippen LogP contribution in [0.3, 0.4) is 0 Å². The lowest BCUT2D eigenvalue weighted by Gasteiger charge is -2.16. The van der Waals surface area contributed by atoms with Crippen LogP contribution < -0.4 is 5.32 Å². The van der Waals surface area contributed by atoms with Crippen LogP contribution in [-0.2, 0) is 0 Å². The normalized spacial score (nSPS) is 11.9. The van der Waals surface area contributed by atoms with Gasteiger partial charge in [0.25, 0.3) is 5.91 Å². The van der Waals surface area contributed by atoms with Crippen LogP contribution in [0.15, 0.2) is 57.9 Å². The van der Waals surface area contributed by atoms with E-state index in [1.807, 2.05) is 61.7 Å². The Balaban J connectivity index is 2.15. The summed E-state index contributed by atoms with van der Waals surface area (Å²) in [5, 5.41) is 3.04. The smallest absolute Gasteiger partial charge is 0.252 e. The first-order chi connectivity index (χ1) is 9.61. The van der Waals surface area contributed by atoms with Crippen molar-refractivity contribution in [2.75, 3.05) is 6.26 Å². The van der Waals surface area contributed by atoms with E-state index in [0.717, 1.165) is 20.5 Å². The Morgan fingerprint density at radius 3 is 2.65 bits per heavy atom. The average Bonchev–Trinajstić information content (AvgIpc) is 2.47. The Hall–Kier alpha value is -1.26. The van der Waals surface area contributed by atoms with Gasteiger partial charge >= 0.3 is 0 Å². The zero-order valence-corrected chi connectivity index (χ0v) is 13.8. The number of hydrogen-bond acceptors (Lipinski definition) is 2. The van der Waals surface area contributed by atoms with Crippen molar-refractivity contribution in [2.45, 2.75) is 17.9 Å². The number of amides is 1. The third-order valence-electron chi connectivity index (χ3n) is 3.05. The van der Waals surface area contributed by atoms with Crippen LogP contribution in [0, 0.1) is 0 Å². The SMILES string of the molecule is CSc1ccccc1C(=O)NC(C)c1cccc(Br)c1. The summed E-state index contributed by atoms with van der Waals surface area (Å²) >= 11 is 5.03. The maximum atomic E-state index is 12.4. The first kappa shape index (κ1) is 15.1. The van der Waals surface area contributed by atoms with Crippen LogP contribution >= 0.6 is 27.7 Å². The molecule has 4 heteroatoms. The monoisotopic (exact) mass is 349 g/mol. The van der Waals surface area contributed by atoms with E-state index in [9.17, 15) is 4.79 Å². The molecule has 0 saturated heterocycles. The van der Waals surface area contributed by atoms with Crippen molar-refractivity contribution in [2.24, 2.45) is 0 Å². The summed E-state index contributed by atoms with van der Waals surface area (Å²) in [5.41, 5.74) is 1.80. The van der Waals surface area contributed by atoms with Crippen LogP contribution in [0.1, 0.15) is 28.9 Å². The molecular formula is C16H16BrNOS. The van der Waals surface area contributed by atoms with Crippen molar-refractivity contribution < 1.29 is 4.79 Å². The van der Waals surface area contributed by atoms with Crippen molar-refractivity contribution in [3.63, 3.8) is 0 Å². The summed E-state index contributed by atoms with van der Waals surface area (Å²) in [4.78, 5) is 13.3. The van der Waals surface area contributed by atoms with Gasteiger partial charge in [-0.15, -0.1) is 11.8 Å². The molecule has 20 heavy (non-hydrogen) atoms. The Morgan fingerprint density at radius 2 is 1.95 bits per heavy atom. The van der Waals surface area contributed by atoms with Gasteiger partial charge in [0.05, 0.1) is 11.6 Å². The highest BCUT2D eigenvalue weighted by atomic mass is 79.9. The lowest BCUT2D eigenvalue weighted by molar-refractivity contribution is 0.0937. The number of rotatable bonds is 4. The molecule has 0 aliphatic heterocycles. The largest absolute Gasteiger partial charge is 0.345 e. The molecule has 0 heterocycles. The maximum Gasteiger partial charge on any atom is 0.252 e. The molecule has 2 rings (SSSR count). The first-order valence-electron chi connectivity index (χ1n) is 6.31. The van der Waals surface area contributed by atoms with Gasteiger partial charge in [-0.2, -0.15) is 0 Å². The number of thioether (sulfide) groups is 1. The lowest BCUT2D eigenvalue weighted by atomic mass is 10.1. The fourth-order valence-electron chi connectivity index (χ4n) is 1.97. The minimum atomic E-state index is -0.0394. The molecular weight excluding hydrogens is 334 g/mol. The molecule has 1 N–H and O–H groups in total. The second-order valence-corrected chi connectivity index (χ2v) is 6.21. The summed E-state index contributed by atoms with van der Waals surface area (Å²) in [6.07, 6.45) is 1.98. The summed E-state index contributed by atoms with van der Waals surface area (Å²) in [6, 6.07) is 15.6. The average molecular weight is 350 g/mol. The van der Waals surface area contributed by atoms with E-state index >= 15 is 0 Å². The van der Waals surface area contributed by atoms with Gasteiger partial charge in [0.2, 0.25) is 0 Å². The molecule has 0 spiro atoms. The van der Waals surface area contributed by atoms with Crippen LogP contribution in [0.4, 0.5) is 0 Å². The number of carbonyl (C=O) groups excluding carboxylic acids is 1. The van der Waals surface area contributed by atoms with Crippen LogP contribution in [-0.4, -0.2) is 12.2 Å². The molecule has 0 radical (unpaired) electrons. The van der Waals surface area contributed by atoms with E-state index in [-0.39, 0.29) is 11.9 Å². The highest BCUT2D eigenvalue weighted by Crippen LogP contribution is 2.22. The standard InChI is InChI=1S/C16H16BrNOS/c1-11(12-6-5-7-13(17)10-12)18-16(19)14-8-3-4-9-15(14)20-2/h3-11H,1-2H3,(H,18,19). The molecule has 0 aliphatic rings. The highest BCUT2D eigenvalue weighted by molar-refractivity contribution is 9.10. The van der Waals surface area contributed by atoms with E-state index < -0.39 is 0 Å². The molecule has 0 aliphatic carbocycles. The second-order valence-electron chi connectivity index (χ2n) is 4.45. The number of hydrogen-bond donors (Lipinski definition) is 1. The molecule has 2 nitrogen and oxygen atoms in total. The molecule has 2 aromatic carbocycles. The summed E-state index contributed by atoms with van der Waals surface area (Å²) in [6.45, 7) is 1.99. The fourth-order valence-corrected chi connectivity index (χ4v) is 2.98. The number of nitrogens with one attached hydrogen (secondary N) is 1. The maximum absolute atomic E-state index is 12.4. The van der Waals surface area contributed by atoms with Gasteiger partial charge in [-0.05, 0) is 43.0 Å². The van der Waals surface area contributed by atoms with Crippen LogP contribution in [0.5, 0.6) is 0 Å². The van der Waals surface area contributed by atoms with E-state index in [0.29, 0.717) is 0 Å². The van der Waals surface area contributed by atoms with Gasteiger partial charge in [0.15, 0.2) is 0 Å². The topological polar surface area (TPSA) is 29.1 Å². The van der Waals surface area contributed by atoms with E-state index in [1.54, 1.807) is 11.8 Å². The van der Waals surface area contributed by atoms with Gasteiger partial charge in [0.1, 0.15) is 0 Å². The van der Waals surface area contributed by atoms with Gasteiger partial charge < -0.3 is 5.32 Å². The van der Waals surface area contributed by atoms with Gasteiger partial charge in [-0.3, -0.25) is 4.79 Å². The number of carbonyl (C=O) groups is 1. The molecule has 0 fully saturated rings. The second kappa shape index (κ2) is 6.95. The Bertz CT molecular complexity index is 615. The third-order valence-corrected chi connectivity index (χ3v) is 4.34. The predicted molar refractivity (Wildman–Crippen MR) is 88.2 cm³/mol. The molecule has 104 valence electrons. The molecule has 2 aromatic rings. The molecule has 1 atom stereocenters. The van der Waals surface area contributed by atoms with Gasteiger partial charge in [-0.1, -0.05) is 40.2 Å². The molecule has 0 aromatic heterocycles. The summed E-state index contributed by atoms with van der Waals surface area (Å²) < 4.78 is 1.01. The fraction of sp³-hybridized carbons (Fsp3) is 0.188. The molecule has 1 unspecified atom stereocenters. The first-order valence-corrected chi connectivity index (χ1v) is 8.33. The van der Waals surface area contributed by atoms with Crippen molar-refractivity contribution in [1.82, 2.24) is 5.32 Å². The van der Waals surface area contributed by atoms with Gasteiger partial charge in [-0.25, -0.2) is 0 Å². The van der Waals surface area contributed by atoms with E-state index in [1.165, 1.54) is 0 Å². The zero-order chi connectivity index (χ0) is 14.5. The quantitative estimate of drug-likeness (QED) is 0.813. The minimum absolute atomic E-state index is 0.0325. The Labute approximate surface area is 132 Å². The predicted octanol–water partition coefficient (Wildman–Crippen LogP) is 4.66. The summed E-state index contributed by atoms with van der Waals surface area (Å²) in [7, 11) is 0.